The van der Waals surface area contributed by atoms with Crippen LogP contribution in [0.4, 0.5) is 0 Å². The van der Waals surface area contributed by atoms with Crippen LogP contribution in [-0.4, -0.2) is 15.6 Å². The minimum Gasteiger partial charge on any atom is -0.472 e. The van der Waals surface area contributed by atoms with Gasteiger partial charge in [-0.1, -0.05) is 20.8 Å². The monoisotopic (exact) mass is 208 g/mol. The first-order valence-electron chi connectivity index (χ1n) is 5.21. The summed E-state index contributed by atoms with van der Waals surface area (Å²) in [6, 6.07) is 1.79. The third-order valence-electron chi connectivity index (χ3n) is 1.71. The average molecular weight is 208 g/mol. The lowest BCUT2D eigenvalue weighted by molar-refractivity contribution is 0.123. The predicted octanol–water partition coefficient (Wildman–Crippen LogP) is 2.95. The first-order valence-corrected chi connectivity index (χ1v) is 5.21. The molecule has 0 aliphatic heterocycles. The SMILES string of the molecule is CC(C)(C)Oc1ccnc(C(C)(C)C)n1. The quantitative estimate of drug-likeness (QED) is 0.711. The molecule has 1 aromatic heterocycles. The zero-order valence-corrected chi connectivity index (χ0v) is 10.5. The number of rotatable bonds is 1. The summed E-state index contributed by atoms with van der Waals surface area (Å²) < 4.78 is 5.69. The molecule has 3 nitrogen and oxygen atoms in total. The molecule has 0 atom stereocenters. The Morgan fingerprint density at radius 3 is 2.13 bits per heavy atom. The Labute approximate surface area is 91.9 Å². The van der Waals surface area contributed by atoms with Gasteiger partial charge in [0, 0.05) is 17.7 Å². The highest BCUT2D eigenvalue weighted by Crippen LogP contribution is 2.21. The van der Waals surface area contributed by atoms with Crippen molar-refractivity contribution in [3.8, 4) is 5.88 Å². The molecule has 0 bridgehead atoms. The molecule has 1 heterocycles. The van der Waals surface area contributed by atoms with E-state index in [0.717, 1.165) is 5.82 Å². The first-order chi connectivity index (χ1) is 6.68. The van der Waals surface area contributed by atoms with Gasteiger partial charge in [-0.25, -0.2) is 4.98 Å². The molecular weight excluding hydrogens is 188 g/mol. The summed E-state index contributed by atoms with van der Waals surface area (Å²) in [6.07, 6.45) is 1.74. The second-order valence-corrected chi connectivity index (χ2v) is 5.68. The molecule has 0 saturated carbocycles. The molecule has 0 unspecified atom stereocenters. The molecule has 0 amide bonds. The maximum absolute atomic E-state index is 5.69. The van der Waals surface area contributed by atoms with Crippen molar-refractivity contribution in [2.24, 2.45) is 0 Å². The Balaban J connectivity index is 2.94. The summed E-state index contributed by atoms with van der Waals surface area (Å²) in [6.45, 7) is 12.3. The van der Waals surface area contributed by atoms with E-state index in [1.165, 1.54) is 0 Å². The molecule has 0 spiro atoms. The van der Waals surface area contributed by atoms with Crippen LogP contribution in [0.2, 0.25) is 0 Å². The summed E-state index contributed by atoms with van der Waals surface area (Å²) in [5.74, 6) is 1.45. The fraction of sp³-hybridized carbons (Fsp3) is 0.667. The van der Waals surface area contributed by atoms with Gasteiger partial charge in [0.1, 0.15) is 11.4 Å². The number of ether oxygens (including phenoxy) is 1. The van der Waals surface area contributed by atoms with Crippen LogP contribution in [0, 0.1) is 0 Å². The summed E-state index contributed by atoms with van der Waals surface area (Å²) in [4.78, 5) is 8.65. The highest BCUT2D eigenvalue weighted by Gasteiger charge is 2.19. The van der Waals surface area contributed by atoms with E-state index >= 15 is 0 Å². The minimum absolute atomic E-state index is 0.0444. The van der Waals surface area contributed by atoms with E-state index in [1.807, 2.05) is 20.8 Å². The average Bonchev–Trinajstić information content (AvgIpc) is 1.99. The predicted molar refractivity (Wildman–Crippen MR) is 61.1 cm³/mol. The molecule has 1 aromatic rings. The molecule has 0 aromatic carbocycles. The van der Waals surface area contributed by atoms with Crippen molar-refractivity contribution in [1.29, 1.82) is 0 Å². The zero-order valence-electron chi connectivity index (χ0n) is 10.5. The first kappa shape index (κ1) is 12.0. The smallest absolute Gasteiger partial charge is 0.217 e. The van der Waals surface area contributed by atoms with E-state index < -0.39 is 0 Å². The minimum atomic E-state index is -0.219. The van der Waals surface area contributed by atoms with Gasteiger partial charge in [0.25, 0.3) is 0 Å². The molecule has 3 heteroatoms. The molecule has 0 fully saturated rings. The highest BCUT2D eigenvalue weighted by atomic mass is 16.5. The maximum Gasteiger partial charge on any atom is 0.217 e. The maximum atomic E-state index is 5.69. The Morgan fingerprint density at radius 1 is 1.07 bits per heavy atom. The van der Waals surface area contributed by atoms with Crippen LogP contribution in [-0.2, 0) is 5.41 Å². The van der Waals surface area contributed by atoms with Gasteiger partial charge in [-0.3, -0.25) is 0 Å². The van der Waals surface area contributed by atoms with Gasteiger partial charge in [0.15, 0.2) is 0 Å². The highest BCUT2D eigenvalue weighted by molar-refractivity contribution is 5.13. The van der Waals surface area contributed by atoms with Crippen LogP contribution in [0.25, 0.3) is 0 Å². The van der Waals surface area contributed by atoms with Crippen molar-refractivity contribution in [2.45, 2.75) is 52.6 Å². The Bertz CT molecular complexity index is 334. The molecule has 84 valence electrons. The number of nitrogens with zero attached hydrogens (tertiary/aromatic N) is 2. The van der Waals surface area contributed by atoms with Crippen LogP contribution in [0.3, 0.4) is 0 Å². The van der Waals surface area contributed by atoms with Gasteiger partial charge in [-0.15, -0.1) is 0 Å². The molecule has 0 aliphatic carbocycles. The third-order valence-corrected chi connectivity index (χ3v) is 1.71. The summed E-state index contributed by atoms with van der Waals surface area (Å²) in [5.41, 5.74) is -0.263. The largest absolute Gasteiger partial charge is 0.472 e. The van der Waals surface area contributed by atoms with Crippen molar-refractivity contribution in [1.82, 2.24) is 9.97 Å². The van der Waals surface area contributed by atoms with Crippen LogP contribution < -0.4 is 4.74 Å². The van der Waals surface area contributed by atoms with Crippen molar-refractivity contribution in [3.05, 3.63) is 18.1 Å². The van der Waals surface area contributed by atoms with Gasteiger partial charge in [-0.05, 0) is 20.8 Å². The van der Waals surface area contributed by atoms with Crippen LogP contribution >= 0.6 is 0 Å². The number of hydrogen-bond acceptors (Lipinski definition) is 3. The number of aromatic nitrogens is 2. The molecule has 15 heavy (non-hydrogen) atoms. The Morgan fingerprint density at radius 2 is 1.67 bits per heavy atom. The van der Waals surface area contributed by atoms with Gasteiger partial charge in [0.05, 0.1) is 0 Å². The molecule has 0 radical (unpaired) electrons. The summed E-state index contributed by atoms with van der Waals surface area (Å²) in [7, 11) is 0. The van der Waals surface area contributed by atoms with Gasteiger partial charge in [0.2, 0.25) is 5.88 Å². The van der Waals surface area contributed by atoms with Crippen molar-refractivity contribution in [3.63, 3.8) is 0 Å². The van der Waals surface area contributed by atoms with Crippen LogP contribution in [0.5, 0.6) is 5.88 Å². The Kier molecular flexibility index (Phi) is 3.03. The molecule has 0 saturated heterocycles. The van der Waals surface area contributed by atoms with E-state index in [1.54, 1.807) is 12.3 Å². The lowest BCUT2D eigenvalue weighted by atomic mass is 9.96. The normalized spacial score (nSPS) is 12.7. The Hall–Kier alpha value is -1.12. The lowest BCUT2D eigenvalue weighted by Crippen LogP contribution is -2.24. The summed E-state index contributed by atoms with van der Waals surface area (Å²) >= 11 is 0. The van der Waals surface area contributed by atoms with Crippen molar-refractivity contribution >= 4 is 0 Å². The lowest BCUT2D eigenvalue weighted by Gasteiger charge is -2.22. The van der Waals surface area contributed by atoms with Crippen LogP contribution in [0.1, 0.15) is 47.4 Å². The van der Waals surface area contributed by atoms with E-state index in [0.29, 0.717) is 5.88 Å². The van der Waals surface area contributed by atoms with E-state index in [2.05, 4.69) is 30.7 Å². The van der Waals surface area contributed by atoms with E-state index in [-0.39, 0.29) is 11.0 Å². The number of hydrogen-bond donors (Lipinski definition) is 0. The van der Waals surface area contributed by atoms with Crippen molar-refractivity contribution in [2.75, 3.05) is 0 Å². The van der Waals surface area contributed by atoms with Crippen molar-refractivity contribution < 1.29 is 4.74 Å². The molecule has 1 rings (SSSR count). The molecule has 0 N–H and O–H groups in total. The standard InChI is InChI=1S/C12H20N2O/c1-11(2,3)10-13-8-7-9(14-10)15-12(4,5)6/h7-8H,1-6H3. The fourth-order valence-electron chi connectivity index (χ4n) is 1.07. The second-order valence-electron chi connectivity index (χ2n) is 5.68. The van der Waals surface area contributed by atoms with Gasteiger partial charge < -0.3 is 4.74 Å². The second kappa shape index (κ2) is 3.80. The zero-order chi connectivity index (χ0) is 11.7. The van der Waals surface area contributed by atoms with Gasteiger partial charge in [-0.2, -0.15) is 4.98 Å². The molecular formula is C12H20N2O. The van der Waals surface area contributed by atoms with E-state index in [9.17, 15) is 0 Å². The third kappa shape index (κ3) is 3.86. The van der Waals surface area contributed by atoms with Gasteiger partial charge >= 0.3 is 0 Å². The topological polar surface area (TPSA) is 35.0 Å². The molecule has 0 aliphatic rings. The van der Waals surface area contributed by atoms with Crippen LogP contribution in [0.15, 0.2) is 12.3 Å². The fourth-order valence-corrected chi connectivity index (χ4v) is 1.07. The van der Waals surface area contributed by atoms with E-state index in [4.69, 9.17) is 4.74 Å². The summed E-state index contributed by atoms with van der Waals surface area (Å²) in [5, 5.41) is 0.